The van der Waals surface area contributed by atoms with Gasteiger partial charge in [-0.15, -0.1) is 0 Å². The summed E-state index contributed by atoms with van der Waals surface area (Å²) in [5.74, 6) is -0.469. The summed E-state index contributed by atoms with van der Waals surface area (Å²) < 4.78 is 6.53. The molecule has 3 aromatic rings. The molecule has 0 fully saturated rings. The Hall–Kier alpha value is -3.78. The molecule has 3 rings (SSSR count). The van der Waals surface area contributed by atoms with E-state index in [4.69, 9.17) is 16.3 Å². The fraction of sp³-hybridized carbons (Fsp3) is 0.174. The molecule has 32 heavy (non-hydrogen) atoms. The van der Waals surface area contributed by atoms with Gasteiger partial charge in [0.2, 0.25) is 0 Å². The molecule has 0 spiro atoms. The molecule has 0 saturated heterocycles. The summed E-state index contributed by atoms with van der Waals surface area (Å²) in [4.78, 5) is 36.6. The van der Waals surface area contributed by atoms with Gasteiger partial charge in [0.05, 0.1) is 26.1 Å². The second kappa shape index (κ2) is 10.5. The third kappa shape index (κ3) is 5.89. The van der Waals surface area contributed by atoms with Gasteiger partial charge >= 0.3 is 12.0 Å². The van der Waals surface area contributed by atoms with E-state index in [1.165, 1.54) is 17.7 Å². The lowest BCUT2D eigenvalue weighted by molar-refractivity contribution is -0.137. The van der Waals surface area contributed by atoms with Crippen LogP contribution >= 0.6 is 11.6 Å². The van der Waals surface area contributed by atoms with Crippen LogP contribution < -0.4 is 20.9 Å². The number of hydrogen-bond acceptors (Lipinski definition) is 4. The van der Waals surface area contributed by atoms with Gasteiger partial charge in [-0.25, -0.2) is 4.79 Å². The maximum absolute atomic E-state index is 12.8. The Balaban J connectivity index is 1.75. The molecule has 0 aliphatic rings. The molecule has 3 N–H and O–H groups in total. The molecule has 166 valence electrons. The van der Waals surface area contributed by atoms with Crippen molar-refractivity contribution in [1.82, 2.24) is 9.88 Å². The first-order chi connectivity index (χ1) is 15.4. The number of carboxylic acid groups (broad SMARTS) is 1. The molecule has 1 aromatic heterocycles. The standard InChI is InChI=1S/C23H22ClN3O5/c1-32-17-10-8-15(9-11-17)20(13-21(28)29)26-23(31)25-19-7-4-12-27(22(19)30)14-16-5-2-3-6-18(16)24/h2-12,20H,13-14H2,1H3,(H,28,29)(H2,25,26,31)/t20-/m0/s1. The van der Waals surface area contributed by atoms with E-state index in [2.05, 4.69) is 10.6 Å². The van der Waals surface area contributed by atoms with Crippen molar-refractivity contribution < 1.29 is 19.4 Å². The fourth-order valence-electron chi connectivity index (χ4n) is 3.15. The van der Waals surface area contributed by atoms with Crippen LogP contribution in [-0.2, 0) is 11.3 Å². The number of halogens is 1. The second-order valence-electron chi connectivity index (χ2n) is 6.97. The maximum atomic E-state index is 12.8. The van der Waals surface area contributed by atoms with Crippen LogP contribution in [0.3, 0.4) is 0 Å². The lowest BCUT2D eigenvalue weighted by Gasteiger charge is -2.18. The molecule has 0 radical (unpaired) electrons. The lowest BCUT2D eigenvalue weighted by atomic mass is 10.0. The Kier molecular flexibility index (Phi) is 7.51. The number of urea groups is 1. The fourth-order valence-corrected chi connectivity index (χ4v) is 3.34. The van der Waals surface area contributed by atoms with Crippen LogP contribution in [0.15, 0.2) is 71.7 Å². The number of pyridine rings is 1. The number of nitrogens with zero attached hydrogens (tertiary/aromatic N) is 1. The van der Waals surface area contributed by atoms with E-state index in [-0.39, 0.29) is 18.7 Å². The highest BCUT2D eigenvalue weighted by Crippen LogP contribution is 2.21. The number of amides is 2. The average molecular weight is 456 g/mol. The first-order valence-corrected chi connectivity index (χ1v) is 10.1. The smallest absolute Gasteiger partial charge is 0.319 e. The number of carbonyl (C=O) groups excluding carboxylic acids is 1. The van der Waals surface area contributed by atoms with E-state index in [0.29, 0.717) is 16.3 Å². The minimum absolute atomic E-state index is 0.0564. The summed E-state index contributed by atoms with van der Waals surface area (Å²) in [6, 6.07) is 15.5. The van der Waals surface area contributed by atoms with Crippen molar-refractivity contribution in [2.45, 2.75) is 19.0 Å². The molecule has 2 amide bonds. The van der Waals surface area contributed by atoms with Crippen molar-refractivity contribution in [3.05, 3.63) is 93.4 Å². The minimum Gasteiger partial charge on any atom is -0.497 e. The molecule has 8 nitrogen and oxygen atoms in total. The zero-order chi connectivity index (χ0) is 23.1. The van der Waals surface area contributed by atoms with Crippen molar-refractivity contribution in [3.63, 3.8) is 0 Å². The highest BCUT2D eigenvalue weighted by atomic mass is 35.5. The van der Waals surface area contributed by atoms with Crippen LogP contribution in [0.1, 0.15) is 23.6 Å². The van der Waals surface area contributed by atoms with E-state index in [1.807, 2.05) is 12.1 Å². The summed E-state index contributed by atoms with van der Waals surface area (Å²) in [6.45, 7) is 0.239. The first-order valence-electron chi connectivity index (χ1n) is 9.73. The number of anilines is 1. The van der Waals surface area contributed by atoms with Gasteiger partial charge in [-0.05, 0) is 41.5 Å². The molecule has 0 aliphatic heterocycles. The highest BCUT2D eigenvalue weighted by Gasteiger charge is 2.19. The molecule has 1 heterocycles. The lowest BCUT2D eigenvalue weighted by Crippen LogP contribution is -2.36. The van der Waals surface area contributed by atoms with Crippen molar-refractivity contribution in [2.24, 2.45) is 0 Å². The highest BCUT2D eigenvalue weighted by molar-refractivity contribution is 6.31. The van der Waals surface area contributed by atoms with Crippen LogP contribution in [-0.4, -0.2) is 28.8 Å². The molecule has 0 aliphatic carbocycles. The Morgan fingerprint density at radius 2 is 1.81 bits per heavy atom. The van der Waals surface area contributed by atoms with E-state index >= 15 is 0 Å². The number of carbonyl (C=O) groups is 2. The summed E-state index contributed by atoms with van der Waals surface area (Å²) in [5.41, 5.74) is 0.995. The van der Waals surface area contributed by atoms with Gasteiger partial charge in [0.1, 0.15) is 11.4 Å². The molecular weight excluding hydrogens is 434 g/mol. The summed E-state index contributed by atoms with van der Waals surface area (Å²) in [6.07, 6.45) is 1.27. The number of hydrogen-bond donors (Lipinski definition) is 3. The third-order valence-electron chi connectivity index (χ3n) is 4.77. The van der Waals surface area contributed by atoms with E-state index in [0.717, 1.165) is 5.56 Å². The average Bonchev–Trinajstić information content (AvgIpc) is 2.77. The predicted octanol–water partition coefficient (Wildman–Crippen LogP) is 3.90. The zero-order valence-corrected chi connectivity index (χ0v) is 18.0. The SMILES string of the molecule is COc1ccc([C@H](CC(=O)O)NC(=O)Nc2cccn(Cc3ccccc3Cl)c2=O)cc1. The largest absolute Gasteiger partial charge is 0.497 e. The van der Waals surface area contributed by atoms with Gasteiger partial charge in [-0.2, -0.15) is 0 Å². The Morgan fingerprint density at radius 1 is 1.09 bits per heavy atom. The van der Waals surface area contributed by atoms with Crippen molar-refractivity contribution in [2.75, 3.05) is 12.4 Å². The van der Waals surface area contributed by atoms with Gasteiger partial charge in [0.15, 0.2) is 0 Å². The summed E-state index contributed by atoms with van der Waals surface area (Å²) >= 11 is 6.18. The number of carboxylic acids is 1. The monoisotopic (exact) mass is 455 g/mol. The van der Waals surface area contributed by atoms with Crippen LogP contribution in [0.4, 0.5) is 10.5 Å². The van der Waals surface area contributed by atoms with Gasteiger partial charge < -0.3 is 25.0 Å². The number of methoxy groups -OCH3 is 1. The molecular formula is C23H22ClN3O5. The van der Waals surface area contributed by atoms with Gasteiger partial charge in [0.25, 0.3) is 5.56 Å². The van der Waals surface area contributed by atoms with E-state index in [1.54, 1.807) is 48.7 Å². The number of aliphatic carboxylic acids is 1. The quantitative estimate of drug-likeness (QED) is 0.477. The van der Waals surface area contributed by atoms with Gasteiger partial charge in [-0.3, -0.25) is 9.59 Å². The minimum atomic E-state index is -1.08. The Labute approximate surface area is 189 Å². The number of ether oxygens (including phenoxy) is 1. The number of nitrogens with one attached hydrogen (secondary N) is 2. The summed E-state index contributed by atoms with van der Waals surface area (Å²) in [5, 5.41) is 14.9. The van der Waals surface area contributed by atoms with Crippen LogP contribution in [0, 0.1) is 0 Å². The number of aromatic nitrogens is 1. The predicted molar refractivity (Wildman–Crippen MR) is 121 cm³/mol. The van der Waals surface area contributed by atoms with E-state index in [9.17, 15) is 19.5 Å². The van der Waals surface area contributed by atoms with Crippen LogP contribution in [0.5, 0.6) is 5.75 Å². The molecule has 0 unspecified atom stereocenters. The van der Waals surface area contributed by atoms with Gasteiger partial charge in [0, 0.05) is 11.2 Å². The van der Waals surface area contributed by atoms with Crippen LogP contribution in [0.2, 0.25) is 5.02 Å². The first kappa shape index (κ1) is 22.9. The summed E-state index contributed by atoms with van der Waals surface area (Å²) in [7, 11) is 1.52. The van der Waals surface area contributed by atoms with Crippen LogP contribution in [0.25, 0.3) is 0 Å². The third-order valence-corrected chi connectivity index (χ3v) is 5.14. The van der Waals surface area contributed by atoms with Crippen molar-refractivity contribution >= 4 is 29.3 Å². The number of rotatable bonds is 8. The number of benzene rings is 2. The maximum Gasteiger partial charge on any atom is 0.319 e. The molecule has 0 bridgehead atoms. The molecule has 2 aromatic carbocycles. The van der Waals surface area contributed by atoms with E-state index < -0.39 is 23.6 Å². The second-order valence-corrected chi connectivity index (χ2v) is 7.38. The Bertz CT molecular complexity index is 1160. The molecule has 1 atom stereocenters. The molecule has 0 saturated carbocycles. The Morgan fingerprint density at radius 3 is 2.47 bits per heavy atom. The topological polar surface area (TPSA) is 110 Å². The van der Waals surface area contributed by atoms with Crippen molar-refractivity contribution in [3.8, 4) is 5.75 Å². The van der Waals surface area contributed by atoms with Gasteiger partial charge in [-0.1, -0.05) is 41.9 Å². The zero-order valence-electron chi connectivity index (χ0n) is 17.2. The van der Waals surface area contributed by atoms with Crippen molar-refractivity contribution in [1.29, 1.82) is 0 Å². The normalized spacial score (nSPS) is 11.4. The molecule has 9 heteroatoms.